The molecule has 2 aliphatic heterocycles. The maximum absolute atomic E-state index is 13.1. The van der Waals surface area contributed by atoms with Crippen molar-refractivity contribution in [2.75, 3.05) is 33.9 Å². The Morgan fingerprint density at radius 3 is 2.79 bits per heavy atom. The summed E-state index contributed by atoms with van der Waals surface area (Å²) in [6, 6.07) is 5.28. The quantitative estimate of drug-likeness (QED) is 0.873. The van der Waals surface area contributed by atoms with Gasteiger partial charge in [-0.15, -0.1) is 0 Å². The van der Waals surface area contributed by atoms with Gasteiger partial charge in [-0.3, -0.25) is 4.79 Å². The molecule has 4 rings (SSSR count). The summed E-state index contributed by atoms with van der Waals surface area (Å²) in [6.45, 7) is 3.20. The molecule has 1 fully saturated rings. The van der Waals surface area contributed by atoms with Gasteiger partial charge in [-0.25, -0.2) is 9.97 Å². The summed E-state index contributed by atoms with van der Waals surface area (Å²) in [7, 11) is 3.16. The average Bonchev–Trinajstić information content (AvgIpc) is 2.78. The van der Waals surface area contributed by atoms with Gasteiger partial charge < -0.3 is 19.7 Å². The van der Waals surface area contributed by atoms with Crippen molar-refractivity contribution < 1.29 is 14.3 Å². The van der Waals surface area contributed by atoms with Crippen LogP contribution < -0.4 is 14.8 Å². The molecule has 0 radical (unpaired) electrons. The molecular formula is C21H26N4O3. The van der Waals surface area contributed by atoms with Gasteiger partial charge in [0.15, 0.2) is 0 Å². The van der Waals surface area contributed by atoms with E-state index in [2.05, 4.69) is 10.3 Å². The van der Waals surface area contributed by atoms with E-state index < -0.39 is 0 Å². The Kier molecular flexibility index (Phi) is 5.43. The summed E-state index contributed by atoms with van der Waals surface area (Å²) in [4.78, 5) is 24.4. The fourth-order valence-corrected chi connectivity index (χ4v) is 3.93. The van der Waals surface area contributed by atoms with Crippen LogP contribution in [0.3, 0.4) is 0 Å². The number of hydrogen-bond donors (Lipinski definition) is 1. The first-order valence-electron chi connectivity index (χ1n) is 9.76. The smallest absolute Gasteiger partial charge is 0.258 e. The molecule has 0 bridgehead atoms. The number of fused-ring (bicyclic) bond motifs is 1. The monoisotopic (exact) mass is 382 g/mol. The number of carbonyl (C=O) groups is 1. The Morgan fingerprint density at radius 2 is 2.04 bits per heavy atom. The minimum absolute atomic E-state index is 0.0659. The molecule has 148 valence electrons. The molecule has 7 heteroatoms. The van der Waals surface area contributed by atoms with E-state index in [9.17, 15) is 4.79 Å². The second kappa shape index (κ2) is 8.14. The summed E-state index contributed by atoms with van der Waals surface area (Å²) in [5.74, 6) is 2.51. The number of amides is 1. The summed E-state index contributed by atoms with van der Waals surface area (Å²) in [6.07, 6.45) is 4.81. The summed E-state index contributed by atoms with van der Waals surface area (Å²) in [5, 5.41) is 3.38. The number of rotatable bonds is 4. The van der Waals surface area contributed by atoms with Gasteiger partial charge in [-0.05, 0) is 44.1 Å². The van der Waals surface area contributed by atoms with E-state index in [1.807, 2.05) is 11.1 Å². The Hall–Kier alpha value is -2.67. The molecule has 0 aliphatic carbocycles. The fourth-order valence-electron chi connectivity index (χ4n) is 3.93. The zero-order valence-corrected chi connectivity index (χ0v) is 16.4. The molecular weight excluding hydrogens is 356 g/mol. The molecule has 1 aromatic heterocycles. The first-order valence-corrected chi connectivity index (χ1v) is 9.76. The molecule has 0 spiro atoms. The van der Waals surface area contributed by atoms with E-state index in [0.717, 1.165) is 49.4 Å². The maximum atomic E-state index is 13.1. The van der Waals surface area contributed by atoms with Crippen LogP contribution in [-0.4, -0.2) is 54.6 Å². The number of hydrogen-bond acceptors (Lipinski definition) is 6. The molecule has 1 amide bonds. The fraction of sp³-hybridized carbons (Fsp3) is 0.476. The van der Waals surface area contributed by atoms with Crippen molar-refractivity contribution in [3.63, 3.8) is 0 Å². The third kappa shape index (κ3) is 3.67. The molecule has 1 saturated heterocycles. The number of carbonyl (C=O) groups excluding carboxylic acids is 1. The van der Waals surface area contributed by atoms with Crippen molar-refractivity contribution in [1.82, 2.24) is 20.2 Å². The number of nitrogens with one attached hydrogen (secondary N) is 1. The lowest BCUT2D eigenvalue weighted by molar-refractivity contribution is 0.0729. The van der Waals surface area contributed by atoms with Crippen LogP contribution in [-0.2, 0) is 13.0 Å². The third-order valence-electron chi connectivity index (χ3n) is 5.58. The molecule has 28 heavy (non-hydrogen) atoms. The van der Waals surface area contributed by atoms with Crippen LogP contribution in [0.15, 0.2) is 24.4 Å². The summed E-state index contributed by atoms with van der Waals surface area (Å²) < 4.78 is 10.6. The predicted molar refractivity (Wildman–Crippen MR) is 105 cm³/mol. The van der Waals surface area contributed by atoms with Gasteiger partial charge in [-0.2, -0.15) is 0 Å². The lowest BCUT2D eigenvalue weighted by Crippen LogP contribution is -2.37. The van der Waals surface area contributed by atoms with Crippen LogP contribution in [0.1, 0.15) is 46.2 Å². The molecule has 2 aliphatic rings. The van der Waals surface area contributed by atoms with E-state index in [1.54, 1.807) is 32.4 Å². The summed E-state index contributed by atoms with van der Waals surface area (Å²) >= 11 is 0. The van der Waals surface area contributed by atoms with Crippen LogP contribution in [0.4, 0.5) is 0 Å². The number of piperidine rings is 1. The molecule has 7 nitrogen and oxygen atoms in total. The van der Waals surface area contributed by atoms with Gasteiger partial charge in [0.25, 0.3) is 5.91 Å². The molecule has 1 aromatic carbocycles. The second-order valence-electron chi connectivity index (χ2n) is 7.27. The third-order valence-corrected chi connectivity index (χ3v) is 5.58. The van der Waals surface area contributed by atoms with E-state index in [1.165, 1.54) is 0 Å². The van der Waals surface area contributed by atoms with Crippen molar-refractivity contribution in [3.05, 3.63) is 47.0 Å². The van der Waals surface area contributed by atoms with Gasteiger partial charge in [-0.1, -0.05) is 0 Å². The number of ether oxygens (including phenoxy) is 2. The first kappa shape index (κ1) is 18.7. The van der Waals surface area contributed by atoms with Crippen molar-refractivity contribution in [3.8, 4) is 11.5 Å². The Bertz CT molecular complexity index is 865. The Morgan fingerprint density at radius 1 is 1.21 bits per heavy atom. The van der Waals surface area contributed by atoms with E-state index in [-0.39, 0.29) is 5.91 Å². The standard InChI is InChI=1S/C21H26N4O3/c1-27-16-3-4-19(28-2)17(11-16)21(26)25-10-7-18-15(13-25)12-23-20(24-18)14-5-8-22-9-6-14/h3-4,11-12,14,22H,5-10,13H2,1-2H3. The molecule has 0 unspecified atom stereocenters. The molecule has 0 saturated carbocycles. The minimum Gasteiger partial charge on any atom is -0.497 e. The van der Waals surface area contributed by atoms with Crippen LogP contribution in [0.25, 0.3) is 0 Å². The number of nitrogens with zero attached hydrogens (tertiary/aromatic N) is 3. The van der Waals surface area contributed by atoms with E-state index >= 15 is 0 Å². The number of aromatic nitrogens is 2. The molecule has 2 aromatic rings. The molecule has 1 N–H and O–H groups in total. The highest BCUT2D eigenvalue weighted by molar-refractivity contribution is 5.97. The predicted octanol–water partition coefficient (Wildman–Crippen LogP) is 2.16. The van der Waals surface area contributed by atoms with Crippen molar-refractivity contribution >= 4 is 5.91 Å². The lowest BCUT2D eigenvalue weighted by atomic mass is 9.96. The highest BCUT2D eigenvalue weighted by atomic mass is 16.5. The number of methoxy groups -OCH3 is 2. The van der Waals surface area contributed by atoms with Gasteiger partial charge >= 0.3 is 0 Å². The van der Waals surface area contributed by atoms with Gasteiger partial charge in [0, 0.05) is 37.2 Å². The van der Waals surface area contributed by atoms with Crippen molar-refractivity contribution in [2.24, 2.45) is 0 Å². The lowest BCUT2D eigenvalue weighted by Gasteiger charge is -2.29. The normalized spacial score (nSPS) is 17.1. The Balaban J connectivity index is 1.53. The number of benzene rings is 1. The van der Waals surface area contributed by atoms with Gasteiger partial charge in [0.05, 0.1) is 25.5 Å². The van der Waals surface area contributed by atoms with Crippen LogP contribution >= 0.6 is 0 Å². The molecule has 0 atom stereocenters. The second-order valence-corrected chi connectivity index (χ2v) is 7.27. The zero-order valence-electron chi connectivity index (χ0n) is 16.4. The highest BCUT2D eigenvalue weighted by Gasteiger charge is 2.27. The molecule has 3 heterocycles. The van der Waals surface area contributed by atoms with Crippen LogP contribution in [0.5, 0.6) is 11.5 Å². The average molecular weight is 382 g/mol. The van der Waals surface area contributed by atoms with Gasteiger partial charge in [0.2, 0.25) is 0 Å². The van der Waals surface area contributed by atoms with Crippen LogP contribution in [0.2, 0.25) is 0 Å². The SMILES string of the molecule is COc1ccc(OC)c(C(=O)N2CCc3nc(C4CCNCC4)ncc3C2)c1. The van der Waals surface area contributed by atoms with E-state index in [0.29, 0.717) is 36.1 Å². The highest BCUT2D eigenvalue weighted by Crippen LogP contribution is 2.28. The topological polar surface area (TPSA) is 76.6 Å². The maximum Gasteiger partial charge on any atom is 0.258 e. The zero-order chi connectivity index (χ0) is 19.5. The van der Waals surface area contributed by atoms with E-state index in [4.69, 9.17) is 14.5 Å². The first-order chi connectivity index (χ1) is 13.7. The van der Waals surface area contributed by atoms with Crippen molar-refractivity contribution in [2.45, 2.75) is 31.7 Å². The van der Waals surface area contributed by atoms with Crippen LogP contribution in [0, 0.1) is 0 Å². The van der Waals surface area contributed by atoms with Gasteiger partial charge in [0.1, 0.15) is 17.3 Å². The Labute approximate surface area is 165 Å². The minimum atomic E-state index is -0.0659. The largest absolute Gasteiger partial charge is 0.497 e. The summed E-state index contributed by atoms with van der Waals surface area (Å²) in [5.41, 5.74) is 2.61. The van der Waals surface area contributed by atoms with Crippen molar-refractivity contribution in [1.29, 1.82) is 0 Å².